The Morgan fingerprint density at radius 2 is 2.07 bits per heavy atom. The van der Waals surface area contributed by atoms with Crippen molar-refractivity contribution in [1.82, 2.24) is 18.7 Å². The first-order valence-corrected chi connectivity index (χ1v) is 10.8. The summed E-state index contributed by atoms with van der Waals surface area (Å²) in [5.41, 5.74) is 7.57. The van der Waals surface area contributed by atoms with Crippen molar-refractivity contribution >= 4 is 17.1 Å². The Labute approximate surface area is 176 Å². The smallest absolute Gasteiger partial charge is 0.332 e. The molecule has 2 aromatic heterocycles. The molecule has 166 valence electrons. The van der Waals surface area contributed by atoms with Crippen molar-refractivity contribution in [2.24, 2.45) is 12.8 Å². The summed E-state index contributed by atoms with van der Waals surface area (Å²) in [6.45, 7) is 9.46. The Kier molecular flexibility index (Phi) is 7.14. The predicted molar refractivity (Wildman–Crippen MR) is 119 cm³/mol. The van der Waals surface area contributed by atoms with Gasteiger partial charge in [0.05, 0.1) is 0 Å². The molecule has 0 aromatic carbocycles. The summed E-state index contributed by atoms with van der Waals surface area (Å²) in [6, 6.07) is 0.0782. The average molecular weight is 419 g/mol. The third-order valence-electron chi connectivity index (χ3n) is 5.51. The number of ether oxygens (including phenoxy) is 1. The van der Waals surface area contributed by atoms with E-state index in [4.69, 9.17) is 15.5 Å². The van der Waals surface area contributed by atoms with Gasteiger partial charge < -0.3 is 19.9 Å². The van der Waals surface area contributed by atoms with Crippen molar-refractivity contribution in [3.05, 3.63) is 32.5 Å². The van der Waals surface area contributed by atoms with E-state index in [1.165, 1.54) is 9.13 Å². The molecular weight excluding hydrogens is 384 g/mol. The van der Waals surface area contributed by atoms with Gasteiger partial charge in [-0.15, -0.1) is 0 Å². The van der Waals surface area contributed by atoms with Gasteiger partial charge in [0.1, 0.15) is 0 Å². The van der Waals surface area contributed by atoms with Crippen LogP contribution in [0.5, 0.6) is 0 Å². The zero-order chi connectivity index (χ0) is 21.8. The second-order valence-corrected chi connectivity index (χ2v) is 8.17. The van der Waals surface area contributed by atoms with Gasteiger partial charge in [0.15, 0.2) is 11.2 Å². The average Bonchev–Trinajstić information content (AvgIpc) is 3.10. The van der Waals surface area contributed by atoms with Gasteiger partial charge in [0, 0.05) is 52.5 Å². The highest BCUT2D eigenvalue weighted by Crippen LogP contribution is 2.23. The Balaban J connectivity index is 2.15. The van der Waals surface area contributed by atoms with E-state index in [1.54, 1.807) is 7.05 Å². The summed E-state index contributed by atoms with van der Waals surface area (Å²) in [6.07, 6.45) is 4.63. The van der Waals surface area contributed by atoms with Crippen molar-refractivity contribution in [2.75, 3.05) is 31.2 Å². The van der Waals surface area contributed by atoms with E-state index in [0.717, 1.165) is 25.0 Å². The predicted octanol–water partition coefficient (Wildman–Crippen LogP) is 1.22. The van der Waals surface area contributed by atoms with Gasteiger partial charge in [-0.25, -0.2) is 4.79 Å². The van der Waals surface area contributed by atoms with Crippen molar-refractivity contribution in [1.29, 1.82) is 0 Å². The van der Waals surface area contributed by atoms with Crippen LogP contribution >= 0.6 is 0 Å². The minimum Gasteiger partial charge on any atom is -0.382 e. The molecule has 0 saturated carbocycles. The third kappa shape index (κ3) is 4.52. The van der Waals surface area contributed by atoms with Gasteiger partial charge >= 0.3 is 5.69 Å². The normalized spacial score (nSPS) is 17.0. The lowest BCUT2D eigenvalue weighted by molar-refractivity contribution is 0.141. The fourth-order valence-electron chi connectivity index (χ4n) is 3.91. The highest BCUT2D eigenvalue weighted by molar-refractivity contribution is 5.74. The number of rotatable bonds is 8. The maximum absolute atomic E-state index is 13.4. The Morgan fingerprint density at radius 3 is 2.73 bits per heavy atom. The lowest BCUT2D eigenvalue weighted by atomic mass is 10.1. The van der Waals surface area contributed by atoms with E-state index >= 15 is 0 Å². The molecule has 1 fully saturated rings. The van der Waals surface area contributed by atoms with Gasteiger partial charge in [-0.05, 0) is 40.0 Å². The van der Waals surface area contributed by atoms with E-state index in [1.807, 2.05) is 25.3 Å². The van der Waals surface area contributed by atoms with Crippen LogP contribution in [-0.4, -0.2) is 51.0 Å². The second-order valence-electron chi connectivity index (χ2n) is 8.17. The van der Waals surface area contributed by atoms with Crippen molar-refractivity contribution in [3.63, 3.8) is 0 Å². The zero-order valence-corrected chi connectivity index (χ0v) is 18.6. The molecule has 0 radical (unpaired) electrons. The summed E-state index contributed by atoms with van der Waals surface area (Å²) in [5, 5.41) is 0. The fraction of sp³-hybridized carbons (Fsp3) is 0.667. The molecule has 30 heavy (non-hydrogen) atoms. The summed E-state index contributed by atoms with van der Waals surface area (Å²) >= 11 is 0. The lowest BCUT2D eigenvalue weighted by Gasteiger charge is -2.31. The molecule has 0 bridgehead atoms. The molecule has 2 aromatic rings. The number of nitrogens with two attached hydrogens (primary N) is 1. The molecule has 1 saturated heterocycles. The SMILES string of the molecule is CCOCCCn1c(=O)c2c(nc(N3CCCC(N)C3)n2CC=C(C)C)n(C)c1=O. The summed E-state index contributed by atoms with van der Waals surface area (Å²) < 4.78 is 10.1. The number of aromatic nitrogens is 4. The molecule has 3 rings (SSSR count). The monoisotopic (exact) mass is 418 g/mol. The van der Waals surface area contributed by atoms with E-state index in [-0.39, 0.29) is 17.3 Å². The van der Waals surface area contributed by atoms with E-state index < -0.39 is 0 Å². The van der Waals surface area contributed by atoms with Crippen LogP contribution in [0.4, 0.5) is 5.95 Å². The topological polar surface area (TPSA) is 100 Å². The van der Waals surface area contributed by atoms with Crippen molar-refractivity contribution in [2.45, 2.75) is 59.2 Å². The largest absolute Gasteiger partial charge is 0.382 e. The number of piperidine rings is 1. The Morgan fingerprint density at radius 1 is 1.30 bits per heavy atom. The molecule has 9 nitrogen and oxygen atoms in total. The number of fused-ring (bicyclic) bond motifs is 1. The van der Waals surface area contributed by atoms with Crippen molar-refractivity contribution in [3.8, 4) is 0 Å². The van der Waals surface area contributed by atoms with Crippen LogP contribution in [0.1, 0.15) is 40.0 Å². The molecule has 1 aliphatic rings. The number of imidazole rings is 1. The molecule has 0 amide bonds. The number of nitrogens with zero attached hydrogens (tertiary/aromatic N) is 5. The van der Waals surface area contributed by atoms with Gasteiger partial charge in [0.2, 0.25) is 5.95 Å². The molecule has 1 aliphatic heterocycles. The summed E-state index contributed by atoms with van der Waals surface area (Å²) in [5.74, 6) is 0.705. The van der Waals surface area contributed by atoms with Crippen LogP contribution in [0, 0.1) is 0 Å². The minimum atomic E-state index is -0.349. The highest BCUT2D eigenvalue weighted by Gasteiger charge is 2.25. The second kappa shape index (κ2) is 9.61. The van der Waals surface area contributed by atoms with E-state index in [2.05, 4.69) is 11.0 Å². The summed E-state index contributed by atoms with van der Waals surface area (Å²) in [7, 11) is 1.67. The van der Waals surface area contributed by atoms with Gasteiger partial charge in [-0.1, -0.05) is 11.6 Å². The van der Waals surface area contributed by atoms with Crippen molar-refractivity contribution < 1.29 is 4.74 Å². The molecule has 2 N–H and O–H groups in total. The van der Waals surface area contributed by atoms with E-state index in [9.17, 15) is 9.59 Å². The number of anilines is 1. The Bertz CT molecular complexity index is 1030. The number of hydrogen-bond donors (Lipinski definition) is 1. The maximum atomic E-state index is 13.4. The quantitative estimate of drug-likeness (QED) is 0.511. The van der Waals surface area contributed by atoms with Gasteiger partial charge in [-0.2, -0.15) is 4.98 Å². The van der Waals surface area contributed by atoms with Crippen LogP contribution in [0.3, 0.4) is 0 Å². The van der Waals surface area contributed by atoms with Crippen LogP contribution < -0.4 is 21.9 Å². The first-order valence-electron chi connectivity index (χ1n) is 10.8. The first-order chi connectivity index (χ1) is 14.3. The molecule has 1 atom stereocenters. The maximum Gasteiger partial charge on any atom is 0.332 e. The molecule has 1 unspecified atom stereocenters. The third-order valence-corrected chi connectivity index (χ3v) is 5.51. The van der Waals surface area contributed by atoms with Crippen LogP contribution in [0.15, 0.2) is 21.2 Å². The van der Waals surface area contributed by atoms with Crippen LogP contribution in [0.25, 0.3) is 11.2 Å². The molecule has 9 heteroatoms. The standard InChI is InChI=1S/C21H34N6O3/c1-5-30-13-7-11-27-19(28)17-18(24(4)21(27)29)23-20(26(17)12-9-15(2)3)25-10-6-8-16(22)14-25/h9,16H,5-8,10-14,22H2,1-4H3. The number of aryl methyl sites for hydroxylation is 1. The lowest BCUT2D eigenvalue weighted by Crippen LogP contribution is -2.44. The van der Waals surface area contributed by atoms with Gasteiger partial charge in [0.25, 0.3) is 5.56 Å². The fourth-order valence-corrected chi connectivity index (χ4v) is 3.91. The molecule has 3 heterocycles. The number of allylic oxidation sites excluding steroid dienone is 2. The molecule has 0 aliphatic carbocycles. The zero-order valence-electron chi connectivity index (χ0n) is 18.6. The number of hydrogen-bond acceptors (Lipinski definition) is 6. The first kappa shape index (κ1) is 22.3. The molecular formula is C21H34N6O3. The summed E-state index contributed by atoms with van der Waals surface area (Å²) in [4.78, 5) is 33.1. The van der Waals surface area contributed by atoms with Crippen LogP contribution in [0.2, 0.25) is 0 Å². The Hall–Kier alpha value is -2.39. The van der Waals surface area contributed by atoms with Gasteiger partial charge in [-0.3, -0.25) is 13.9 Å². The van der Waals surface area contributed by atoms with E-state index in [0.29, 0.717) is 56.4 Å². The minimum absolute atomic E-state index is 0.0782. The van der Waals surface area contributed by atoms with Crippen LogP contribution in [-0.2, 0) is 24.9 Å². The highest BCUT2D eigenvalue weighted by atomic mass is 16.5. The molecule has 0 spiro atoms.